The Balaban J connectivity index is 1.42. The maximum atomic E-state index is 13.5. The zero-order valence-corrected chi connectivity index (χ0v) is 15.3. The van der Waals surface area contributed by atoms with E-state index in [0.29, 0.717) is 25.3 Å². The summed E-state index contributed by atoms with van der Waals surface area (Å²) in [5, 5.41) is 7.41. The van der Waals surface area contributed by atoms with Gasteiger partial charge in [0.1, 0.15) is 5.69 Å². The fourth-order valence-electron chi connectivity index (χ4n) is 4.36. The predicted molar refractivity (Wildman–Crippen MR) is 92.9 cm³/mol. The zero-order chi connectivity index (χ0) is 19.0. The van der Waals surface area contributed by atoms with Crippen LogP contribution in [-0.4, -0.2) is 52.2 Å². The first-order valence-corrected chi connectivity index (χ1v) is 9.20. The summed E-state index contributed by atoms with van der Waals surface area (Å²) >= 11 is 0. The number of hydrogen-bond acceptors (Lipinski definition) is 5. The second-order valence-electron chi connectivity index (χ2n) is 7.74. The molecule has 27 heavy (non-hydrogen) atoms. The number of likely N-dealkylation sites (tertiary alicyclic amines) is 2. The molecule has 2 aliphatic rings. The van der Waals surface area contributed by atoms with Gasteiger partial charge in [-0.1, -0.05) is 11.2 Å². The molecule has 1 atom stereocenters. The van der Waals surface area contributed by atoms with Crippen molar-refractivity contribution in [2.45, 2.75) is 32.7 Å². The molecule has 2 aliphatic heterocycles. The Hall–Kier alpha value is -2.35. The highest BCUT2D eigenvalue weighted by Gasteiger charge is 2.43. The van der Waals surface area contributed by atoms with Crippen LogP contribution in [0.15, 0.2) is 22.8 Å². The predicted octanol–water partition coefficient (Wildman–Crippen LogP) is 2.78. The van der Waals surface area contributed by atoms with Crippen molar-refractivity contribution in [3.05, 3.63) is 46.8 Å². The number of aryl methyl sites for hydroxylation is 1. The molecule has 0 saturated carbocycles. The van der Waals surface area contributed by atoms with Gasteiger partial charge in [0.05, 0.1) is 0 Å². The number of hydrogen-bond donors (Lipinski definition) is 0. The Bertz CT molecular complexity index is 856. The number of amides is 1. The molecule has 1 unspecified atom stereocenters. The Kier molecular flexibility index (Phi) is 4.67. The van der Waals surface area contributed by atoms with Crippen molar-refractivity contribution < 1.29 is 18.2 Å². The molecule has 4 rings (SSSR count). The van der Waals surface area contributed by atoms with Gasteiger partial charge >= 0.3 is 0 Å². The molecule has 0 aliphatic carbocycles. The molecular formula is C19H22F2N4O2. The molecule has 144 valence electrons. The smallest absolute Gasteiger partial charge is 0.278 e. The van der Waals surface area contributed by atoms with Crippen LogP contribution in [0.25, 0.3) is 0 Å². The molecule has 0 bridgehead atoms. The quantitative estimate of drug-likeness (QED) is 0.824. The summed E-state index contributed by atoms with van der Waals surface area (Å²) < 4.78 is 31.3. The molecule has 0 N–H and O–H groups in total. The van der Waals surface area contributed by atoms with Crippen molar-refractivity contribution in [2.24, 2.45) is 5.41 Å². The first-order chi connectivity index (χ1) is 13.0. The summed E-state index contributed by atoms with van der Waals surface area (Å²) in [6, 6.07) is 4.07. The van der Waals surface area contributed by atoms with E-state index >= 15 is 0 Å². The van der Waals surface area contributed by atoms with Gasteiger partial charge in [-0.15, -0.1) is 0 Å². The van der Waals surface area contributed by atoms with Gasteiger partial charge in [-0.2, -0.15) is 0 Å². The normalized spacial score (nSPS) is 23.3. The van der Waals surface area contributed by atoms with Gasteiger partial charge in [0, 0.05) is 31.6 Å². The van der Waals surface area contributed by atoms with Crippen LogP contribution < -0.4 is 0 Å². The lowest BCUT2D eigenvalue weighted by molar-refractivity contribution is 0.0666. The lowest BCUT2D eigenvalue weighted by Crippen LogP contribution is -2.45. The average molecular weight is 376 g/mol. The standard InChI is InChI=1S/C19H22F2N4O2/c1-13-17(23-27-22-13)18(26)25-8-6-19(12-25)5-2-7-24(11-19)10-14-3-4-15(20)16(21)9-14/h3-4,9H,2,5-8,10-12H2,1H3. The number of halogens is 2. The van der Waals surface area contributed by atoms with Crippen LogP contribution in [0.1, 0.15) is 41.0 Å². The fourth-order valence-corrected chi connectivity index (χ4v) is 4.36. The number of carbonyl (C=O) groups excluding carboxylic acids is 1. The minimum absolute atomic E-state index is 0.0392. The van der Waals surface area contributed by atoms with Gasteiger partial charge in [0.2, 0.25) is 0 Å². The van der Waals surface area contributed by atoms with Crippen molar-refractivity contribution in [1.82, 2.24) is 20.1 Å². The van der Waals surface area contributed by atoms with E-state index in [9.17, 15) is 13.6 Å². The number of piperidine rings is 1. The maximum Gasteiger partial charge on any atom is 0.278 e. The van der Waals surface area contributed by atoms with Crippen LogP contribution in [0.3, 0.4) is 0 Å². The topological polar surface area (TPSA) is 62.5 Å². The van der Waals surface area contributed by atoms with E-state index in [0.717, 1.165) is 37.9 Å². The molecule has 2 saturated heterocycles. The molecule has 2 aromatic rings. The highest BCUT2D eigenvalue weighted by molar-refractivity contribution is 5.93. The van der Waals surface area contributed by atoms with Crippen molar-refractivity contribution in [3.63, 3.8) is 0 Å². The zero-order valence-electron chi connectivity index (χ0n) is 15.3. The molecule has 1 amide bonds. The van der Waals surface area contributed by atoms with Crippen molar-refractivity contribution >= 4 is 5.91 Å². The van der Waals surface area contributed by atoms with Gasteiger partial charge in [0.15, 0.2) is 17.3 Å². The van der Waals surface area contributed by atoms with Crippen LogP contribution in [-0.2, 0) is 6.54 Å². The summed E-state index contributed by atoms with van der Waals surface area (Å²) in [6.07, 6.45) is 3.01. The van der Waals surface area contributed by atoms with Crippen molar-refractivity contribution in [1.29, 1.82) is 0 Å². The van der Waals surface area contributed by atoms with Crippen LogP contribution in [0.2, 0.25) is 0 Å². The van der Waals surface area contributed by atoms with Gasteiger partial charge in [-0.3, -0.25) is 9.69 Å². The summed E-state index contributed by atoms with van der Waals surface area (Å²) in [6.45, 7) is 5.41. The molecule has 3 heterocycles. The lowest BCUT2D eigenvalue weighted by atomic mass is 9.79. The van der Waals surface area contributed by atoms with E-state index in [-0.39, 0.29) is 17.0 Å². The summed E-state index contributed by atoms with van der Waals surface area (Å²) in [5.74, 6) is -1.77. The molecule has 0 radical (unpaired) electrons. The van der Waals surface area contributed by atoms with Crippen LogP contribution in [0.4, 0.5) is 8.78 Å². The third kappa shape index (κ3) is 3.58. The lowest BCUT2D eigenvalue weighted by Gasteiger charge is -2.40. The second kappa shape index (κ2) is 6.99. The van der Waals surface area contributed by atoms with E-state index in [1.165, 1.54) is 12.1 Å². The number of rotatable bonds is 3. The first-order valence-electron chi connectivity index (χ1n) is 9.20. The minimum atomic E-state index is -0.823. The molecule has 1 spiro atoms. The van der Waals surface area contributed by atoms with E-state index in [1.807, 2.05) is 4.90 Å². The highest BCUT2D eigenvalue weighted by Crippen LogP contribution is 2.39. The average Bonchev–Trinajstić information content (AvgIpc) is 3.24. The SMILES string of the molecule is Cc1nonc1C(=O)N1CCC2(CCCN(Cc3ccc(F)c(F)c3)C2)C1. The molecule has 6 nitrogen and oxygen atoms in total. The number of carbonyl (C=O) groups is 1. The van der Waals surface area contributed by atoms with E-state index in [2.05, 4.69) is 19.8 Å². The Labute approximate surface area is 156 Å². The van der Waals surface area contributed by atoms with Crippen molar-refractivity contribution in [3.8, 4) is 0 Å². The summed E-state index contributed by atoms with van der Waals surface area (Å²) in [5.41, 5.74) is 1.59. The molecular weight excluding hydrogens is 354 g/mol. The van der Waals surface area contributed by atoms with E-state index in [4.69, 9.17) is 0 Å². The highest BCUT2D eigenvalue weighted by atomic mass is 19.2. The largest absolute Gasteiger partial charge is 0.337 e. The van der Waals surface area contributed by atoms with E-state index < -0.39 is 11.6 Å². The third-order valence-electron chi connectivity index (χ3n) is 5.71. The number of nitrogens with zero attached hydrogens (tertiary/aromatic N) is 4. The first kappa shape index (κ1) is 18.0. The van der Waals surface area contributed by atoms with Gasteiger partial charge in [0.25, 0.3) is 5.91 Å². The molecule has 1 aromatic carbocycles. The van der Waals surface area contributed by atoms with Gasteiger partial charge < -0.3 is 4.90 Å². The van der Waals surface area contributed by atoms with E-state index in [1.54, 1.807) is 13.0 Å². The maximum absolute atomic E-state index is 13.5. The Morgan fingerprint density at radius 2 is 2.04 bits per heavy atom. The fraction of sp³-hybridized carbons (Fsp3) is 0.526. The molecule has 2 fully saturated rings. The Morgan fingerprint density at radius 1 is 1.19 bits per heavy atom. The second-order valence-corrected chi connectivity index (χ2v) is 7.74. The minimum Gasteiger partial charge on any atom is -0.337 e. The van der Waals surface area contributed by atoms with Gasteiger partial charge in [-0.25, -0.2) is 13.4 Å². The van der Waals surface area contributed by atoms with Crippen LogP contribution in [0, 0.1) is 24.0 Å². The third-order valence-corrected chi connectivity index (χ3v) is 5.71. The Morgan fingerprint density at radius 3 is 2.78 bits per heavy atom. The van der Waals surface area contributed by atoms with Crippen LogP contribution >= 0.6 is 0 Å². The van der Waals surface area contributed by atoms with Crippen LogP contribution in [0.5, 0.6) is 0 Å². The molecule has 8 heteroatoms. The van der Waals surface area contributed by atoms with Crippen molar-refractivity contribution in [2.75, 3.05) is 26.2 Å². The molecule has 1 aromatic heterocycles. The monoisotopic (exact) mass is 376 g/mol. The number of benzene rings is 1. The number of aromatic nitrogens is 2. The summed E-state index contributed by atoms with van der Waals surface area (Å²) in [7, 11) is 0. The van der Waals surface area contributed by atoms with Gasteiger partial charge in [-0.05, 0) is 55.6 Å². The summed E-state index contributed by atoms with van der Waals surface area (Å²) in [4.78, 5) is 16.8.